The monoisotopic (exact) mass is 345 g/mol. The molecule has 26 heavy (non-hydrogen) atoms. The summed E-state index contributed by atoms with van der Waals surface area (Å²) in [5, 5.41) is 21.7. The molecule has 128 valence electrons. The lowest BCUT2D eigenvalue weighted by Gasteiger charge is -2.18. The first-order valence-electron chi connectivity index (χ1n) is 8.09. The molecule has 4 rings (SSSR count). The summed E-state index contributed by atoms with van der Waals surface area (Å²) in [5.41, 5.74) is 1.85. The Bertz CT molecular complexity index is 1130. The maximum Gasteiger partial charge on any atom is 0.232 e. The maximum atomic E-state index is 12.9. The summed E-state index contributed by atoms with van der Waals surface area (Å²) < 4.78 is 0. The van der Waals surface area contributed by atoms with Gasteiger partial charge in [0.15, 0.2) is 11.5 Å². The Morgan fingerprint density at radius 2 is 1.35 bits per heavy atom. The highest BCUT2D eigenvalue weighted by Crippen LogP contribution is 2.37. The molecule has 3 aromatic rings. The van der Waals surface area contributed by atoms with Crippen LogP contribution in [0.25, 0.3) is 22.0 Å². The number of allylic oxidation sites excluding steroid dienone is 2. The average Bonchev–Trinajstić information content (AvgIpc) is 2.98. The molecule has 5 heteroatoms. The summed E-state index contributed by atoms with van der Waals surface area (Å²) in [6.45, 7) is 1.75. The van der Waals surface area contributed by atoms with Gasteiger partial charge in [-0.25, -0.2) is 0 Å². The quantitative estimate of drug-likeness (QED) is 0.615. The second-order valence-corrected chi connectivity index (χ2v) is 6.14. The topological polar surface area (TPSA) is 90.4 Å². The van der Waals surface area contributed by atoms with Gasteiger partial charge in [0.1, 0.15) is 0 Å². The number of hydrogen-bond acceptors (Lipinski definition) is 4. The molecule has 1 aromatic heterocycles. The molecule has 0 unspecified atom stereocenters. The van der Waals surface area contributed by atoms with Crippen molar-refractivity contribution in [3.8, 4) is 0 Å². The van der Waals surface area contributed by atoms with Crippen LogP contribution >= 0.6 is 0 Å². The van der Waals surface area contributed by atoms with Gasteiger partial charge in [0.25, 0.3) is 0 Å². The SMILES string of the molecule is Cc1[nH]c2ccccc2c1C1=C(O)C(=O)C(c2ccccc2)=C(O)C1=O. The number of rotatable bonds is 2. The zero-order chi connectivity index (χ0) is 18.4. The van der Waals surface area contributed by atoms with Crippen molar-refractivity contribution in [3.63, 3.8) is 0 Å². The average molecular weight is 345 g/mol. The number of carbonyl (C=O) groups excluding carboxylic acids is 2. The number of nitrogens with one attached hydrogen (secondary N) is 1. The lowest BCUT2D eigenvalue weighted by molar-refractivity contribution is -0.116. The minimum absolute atomic E-state index is 0.179. The summed E-state index contributed by atoms with van der Waals surface area (Å²) in [6.07, 6.45) is 0. The van der Waals surface area contributed by atoms with Crippen LogP contribution in [0, 0.1) is 6.92 Å². The predicted octanol–water partition coefficient (Wildman–Crippen LogP) is 3.87. The fourth-order valence-electron chi connectivity index (χ4n) is 3.38. The molecule has 3 N–H and O–H groups in total. The van der Waals surface area contributed by atoms with E-state index in [-0.39, 0.29) is 11.1 Å². The molecule has 0 radical (unpaired) electrons. The molecule has 0 aliphatic heterocycles. The third-order valence-corrected chi connectivity index (χ3v) is 4.56. The van der Waals surface area contributed by atoms with Gasteiger partial charge in [-0.1, -0.05) is 48.5 Å². The van der Waals surface area contributed by atoms with Crippen LogP contribution in [0.3, 0.4) is 0 Å². The van der Waals surface area contributed by atoms with E-state index in [1.807, 2.05) is 12.1 Å². The molecule has 1 aliphatic carbocycles. The molecule has 0 amide bonds. The molecule has 0 saturated heterocycles. The Labute approximate surface area is 148 Å². The zero-order valence-electron chi connectivity index (χ0n) is 13.9. The number of aromatic nitrogens is 1. The Morgan fingerprint density at radius 1 is 0.769 bits per heavy atom. The molecule has 0 atom stereocenters. The van der Waals surface area contributed by atoms with Gasteiger partial charge in [0.2, 0.25) is 11.6 Å². The number of hydrogen-bond donors (Lipinski definition) is 3. The number of aromatic amines is 1. The normalized spacial score (nSPS) is 15.3. The van der Waals surface area contributed by atoms with Crippen LogP contribution in [-0.2, 0) is 9.59 Å². The number of aliphatic hydroxyl groups is 2. The fourth-order valence-corrected chi connectivity index (χ4v) is 3.38. The highest BCUT2D eigenvalue weighted by molar-refractivity contribution is 6.47. The first kappa shape index (κ1) is 15.9. The van der Waals surface area contributed by atoms with Crippen molar-refractivity contribution in [2.75, 3.05) is 0 Å². The molecule has 1 heterocycles. The van der Waals surface area contributed by atoms with E-state index in [1.54, 1.807) is 49.4 Å². The Hall–Kier alpha value is -3.60. The van der Waals surface area contributed by atoms with Crippen molar-refractivity contribution in [1.29, 1.82) is 0 Å². The lowest BCUT2D eigenvalue weighted by atomic mass is 9.85. The second kappa shape index (κ2) is 5.74. The third kappa shape index (κ3) is 2.18. The number of benzene rings is 2. The molecule has 2 aromatic carbocycles. The largest absolute Gasteiger partial charge is 0.504 e. The lowest BCUT2D eigenvalue weighted by Crippen LogP contribution is -2.23. The van der Waals surface area contributed by atoms with Gasteiger partial charge in [0.05, 0.1) is 11.1 Å². The van der Waals surface area contributed by atoms with Crippen LogP contribution in [0.4, 0.5) is 0 Å². The van der Waals surface area contributed by atoms with Gasteiger partial charge < -0.3 is 15.2 Å². The summed E-state index contributed by atoms with van der Waals surface area (Å²) in [6, 6.07) is 15.6. The van der Waals surface area contributed by atoms with Gasteiger partial charge in [0, 0.05) is 22.2 Å². The van der Waals surface area contributed by atoms with E-state index < -0.39 is 23.1 Å². The predicted molar refractivity (Wildman–Crippen MR) is 98.6 cm³/mol. The minimum atomic E-state index is -0.770. The second-order valence-electron chi connectivity index (χ2n) is 6.14. The van der Waals surface area contributed by atoms with Crippen LogP contribution in [0.1, 0.15) is 16.8 Å². The molecule has 0 bridgehead atoms. The summed E-state index contributed by atoms with van der Waals surface area (Å²) in [4.78, 5) is 28.7. The van der Waals surface area contributed by atoms with E-state index in [9.17, 15) is 19.8 Å². The van der Waals surface area contributed by atoms with Gasteiger partial charge in [-0.05, 0) is 18.6 Å². The summed E-state index contributed by atoms with van der Waals surface area (Å²) >= 11 is 0. The van der Waals surface area contributed by atoms with Crippen LogP contribution in [0.5, 0.6) is 0 Å². The highest BCUT2D eigenvalue weighted by Gasteiger charge is 2.37. The standard InChI is InChI=1S/C21H15NO4/c1-11-15(13-9-5-6-10-14(13)22-11)17-20(25)18(23)16(19(24)21(17)26)12-7-3-2-4-8-12/h2-10,22-23,26H,1H3. The Balaban J connectivity index is 1.95. The van der Waals surface area contributed by atoms with Crippen LogP contribution in [-0.4, -0.2) is 26.8 Å². The first-order chi connectivity index (χ1) is 12.5. The summed E-state index contributed by atoms with van der Waals surface area (Å²) in [5.74, 6) is -2.85. The number of aliphatic hydroxyl groups excluding tert-OH is 2. The van der Waals surface area contributed by atoms with Crippen molar-refractivity contribution < 1.29 is 19.8 Å². The van der Waals surface area contributed by atoms with E-state index in [0.29, 0.717) is 22.2 Å². The smallest absolute Gasteiger partial charge is 0.232 e. The maximum absolute atomic E-state index is 12.9. The van der Waals surface area contributed by atoms with E-state index in [2.05, 4.69) is 4.98 Å². The number of aryl methyl sites for hydroxylation is 1. The molecule has 0 saturated carbocycles. The van der Waals surface area contributed by atoms with Crippen molar-refractivity contribution in [2.45, 2.75) is 6.92 Å². The van der Waals surface area contributed by atoms with Crippen LogP contribution < -0.4 is 0 Å². The van der Waals surface area contributed by atoms with Crippen LogP contribution in [0.2, 0.25) is 0 Å². The van der Waals surface area contributed by atoms with E-state index in [1.165, 1.54) is 0 Å². The summed E-state index contributed by atoms with van der Waals surface area (Å²) in [7, 11) is 0. The Morgan fingerprint density at radius 3 is 2.08 bits per heavy atom. The zero-order valence-corrected chi connectivity index (χ0v) is 13.9. The number of carbonyl (C=O) groups is 2. The molecule has 0 spiro atoms. The number of Topliss-reactive ketones (excluding diaryl/α,β-unsaturated/α-hetero) is 2. The number of fused-ring (bicyclic) bond motifs is 1. The van der Waals surface area contributed by atoms with Crippen molar-refractivity contribution in [2.24, 2.45) is 0 Å². The number of ketones is 2. The van der Waals surface area contributed by atoms with Gasteiger partial charge in [-0.15, -0.1) is 0 Å². The van der Waals surface area contributed by atoms with Gasteiger partial charge >= 0.3 is 0 Å². The van der Waals surface area contributed by atoms with Gasteiger partial charge in [-0.2, -0.15) is 0 Å². The number of para-hydroxylation sites is 1. The van der Waals surface area contributed by atoms with Crippen molar-refractivity contribution in [3.05, 3.63) is 82.9 Å². The number of H-pyrrole nitrogens is 1. The minimum Gasteiger partial charge on any atom is -0.504 e. The molecule has 0 fully saturated rings. The van der Waals surface area contributed by atoms with Gasteiger partial charge in [-0.3, -0.25) is 9.59 Å². The third-order valence-electron chi connectivity index (χ3n) is 4.56. The molecular weight excluding hydrogens is 330 g/mol. The first-order valence-corrected chi connectivity index (χ1v) is 8.09. The molecule has 1 aliphatic rings. The molecule has 5 nitrogen and oxygen atoms in total. The fraction of sp³-hybridized carbons (Fsp3) is 0.0476. The van der Waals surface area contributed by atoms with E-state index >= 15 is 0 Å². The van der Waals surface area contributed by atoms with Crippen molar-refractivity contribution >= 4 is 33.6 Å². The molecular formula is C21H15NO4. The van der Waals surface area contributed by atoms with Crippen molar-refractivity contribution in [1.82, 2.24) is 4.98 Å². The Kier molecular flexibility index (Phi) is 3.51. The highest BCUT2D eigenvalue weighted by atomic mass is 16.3. The van der Waals surface area contributed by atoms with Crippen LogP contribution in [0.15, 0.2) is 66.1 Å². The van der Waals surface area contributed by atoms with E-state index in [0.717, 1.165) is 5.52 Å². The van der Waals surface area contributed by atoms with E-state index in [4.69, 9.17) is 0 Å².